The number of hydrogen-bond donors (Lipinski definition) is 2. The summed E-state index contributed by atoms with van der Waals surface area (Å²) in [5, 5.41) is 9.30. The van der Waals surface area contributed by atoms with Crippen LogP contribution in [0, 0.1) is 0 Å². The van der Waals surface area contributed by atoms with Gasteiger partial charge in [-0.25, -0.2) is 13.1 Å². The lowest BCUT2D eigenvalue weighted by Gasteiger charge is -2.41. The Morgan fingerprint density at radius 3 is 2.53 bits per heavy atom. The van der Waals surface area contributed by atoms with E-state index in [4.69, 9.17) is 16.7 Å². The van der Waals surface area contributed by atoms with Crippen LogP contribution in [0.5, 0.6) is 0 Å². The van der Waals surface area contributed by atoms with E-state index in [-0.39, 0.29) is 22.1 Å². The maximum atomic E-state index is 12.3. The molecule has 106 valence electrons. The van der Waals surface area contributed by atoms with Crippen molar-refractivity contribution in [2.45, 2.75) is 49.6 Å². The van der Waals surface area contributed by atoms with Gasteiger partial charge in [0.15, 0.2) is 0 Å². The molecule has 0 radical (unpaired) electrons. The third-order valence-electron chi connectivity index (χ3n) is 3.84. The fraction of sp³-hybridized carbons (Fsp3) is 0.538. The Hall–Kier alpha value is -0.620. The van der Waals surface area contributed by atoms with Gasteiger partial charge in [-0.2, -0.15) is 0 Å². The summed E-state index contributed by atoms with van der Waals surface area (Å²) in [6.07, 6.45) is 3.60. The van der Waals surface area contributed by atoms with Crippen LogP contribution >= 0.6 is 11.6 Å². The van der Waals surface area contributed by atoms with Crippen LogP contribution in [-0.2, 0) is 16.6 Å². The number of rotatable bonds is 5. The number of sulfonamides is 1. The van der Waals surface area contributed by atoms with E-state index in [1.165, 1.54) is 18.2 Å². The Kier molecular flexibility index (Phi) is 4.20. The summed E-state index contributed by atoms with van der Waals surface area (Å²) in [5.74, 6) is 0. The van der Waals surface area contributed by atoms with Crippen LogP contribution in [0.1, 0.15) is 38.2 Å². The second-order valence-electron chi connectivity index (χ2n) is 5.00. The monoisotopic (exact) mass is 303 g/mol. The molecule has 2 N–H and O–H groups in total. The summed E-state index contributed by atoms with van der Waals surface area (Å²) in [5.41, 5.74) is 0.232. The predicted molar refractivity (Wildman–Crippen MR) is 74.6 cm³/mol. The van der Waals surface area contributed by atoms with Crippen molar-refractivity contribution >= 4 is 21.6 Å². The molecule has 0 heterocycles. The summed E-state index contributed by atoms with van der Waals surface area (Å²) < 4.78 is 27.4. The van der Waals surface area contributed by atoms with Gasteiger partial charge in [-0.15, -0.1) is 0 Å². The van der Waals surface area contributed by atoms with E-state index in [2.05, 4.69) is 4.72 Å². The molecule has 4 nitrogen and oxygen atoms in total. The summed E-state index contributed by atoms with van der Waals surface area (Å²) in [6, 6.07) is 4.40. The number of nitrogens with one attached hydrogen (secondary N) is 1. The maximum Gasteiger partial charge on any atom is 0.241 e. The summed E-state index contributed by atoms with van der Waals surface area (Å²) >= 11 is 5.94. The molecule has 1 fully saturated rings. The highest BCUT2D eigenvalue weighted by molar-refractivity contribution is 7.89. The second kappa shape index (κ2) is 5.40. The van der Waals surface area contributed by atoms with Crippen LogP contribution in [0.15, 0.2) is 23.1 Å². The third-order valence-corrected chi connectivity index (χ3v) is 5.77. The first-order chi connectivity index (χ1) is 8.92. The predicted octanol–water partition coefficient (Wildman–Crippen LogP) is 2.44. The number of aliphatic hydroxyl groups excluding tert-OH is 1. The fourth-order valence-corrected chi connectivity index (χ4v) is 4.16. The number of hydrogen-bond acceptors (Lipinski definition) is 3. The SMILES string of the molecule is CCC1(NS(=O)(=O)c2ccc(CO)c(Cl)c2)CCC1. The number of aliphatic hydroxyl groups is 1. The first-order valence-corrected chi connectivity index (χ1v) is 8.22. The molecule has 2 rings (SSSR count). The third kappa shape index (κ3) is 2.94. The van der Waals surface area contributed by atoms with Crippen LogP contribution in [-0.4, -0.2) is 19.1 Å². The molecule has 1 aliphatic carbocycles. The smallest absolute Gasteiger partial charge is 0.241 e. The lowest BCUT2D eigenvalue weighted by atomic mass is 9.76. The average Bonchev–Trinajstić information content (AvgIpc) is 2.34. The lowest BCUT2D eigenvalue weighted by molar-refractivity contribution is 0.214. The van der Waals surface area contributed by atoms with E-state index >= 15 is 0 Å². The Balaban J connectivity index is 2.27. The number of benzene rings is 1. The van der Waals surface area contributed by atoms with Gasteiger partial charge >= 0.3 is 0 Å². The van der Waals surface area contributed by atoms with Crippen LogP contribution < -0.4 is 4.72 Å². The molecule has 0 aromatic heterocycles. The molecule has 0 aliphatic heterocycles. The van der Waals surface area contributed by atoms with Gasteiger partial charge in [0.05, 0.1) is 11.5 Å². The van der Waals surface area contributed by atoms with Gasteiger partial charge < -0.3 is 5.11 Å². The Morgan fingerprint density at radius 1 is 1.42 bits per heavy atom. The normalized spacial score (nSPS) is 18.1. The Labute approximate surface area is 118 Å². The Bertz CT molecular complexity index is 562. The summed E-state index contributed by atoms with van der Waals surface area (Å²) in [7, 11) is -3.55. The van der Waals surface area contributed by atoms with Crippen LogP contribution in [0.4, 0.5) is 0 Å². The molecule has 19 heavy (non-hydrogen) atoms. The van der Waals surface area contributed by atoms with Gasteiger partial charge in [-0.1, -0.05) is 24.6 Å². The van der Waals surface area contributed by atoms with Crippen molar-refractivity contribution in [2.24, 2.45) is 0 Å². The van der Waals surface area contributed by atoms with Crippen LogP contribution in [0.25, 0.3) is 0 Å². The minimum absolute atomic E-state index is 0.148. The van der Waals surface area contributed by atoms with Crippen molar-refractivity contribution in [3.8, 4) is 0 Å². The van der Waals surface area contributed by atoms with E-state index < -0.39 is 10.0 Å². The highest BCUT2D eigenvalue weighted by atomic mass is 35.5. The molecule has 1 aromatic rings. The zero-order valence-corrected chi connectivity index (χ0v) is 12.4. The van der Waals surface area contributed by atoms with Gasteiger partial charge in [-0.05, 0) is 43.4 Å². The molecule has 0 saturated heterocycles. The zero-order valence-electron chi connectivity index (χ0n) is 10.8. The van der Waals surface area contributed by atoms with E-state index in [1.54, 1.807) is 0 Å². The molecular formula is C13H18ClNO3S. The molecule has 0 amide bonds. The number of halogens is 1. The standard InChI is InChI=1S/C13H18ClNO3S/c1-2-13(6-3-7-13)15-19(17,18)11-5-4-10(9-16)12(14)8-11/h4-5,8,15-16H,2-3,6-7,9H2,1H3. The first-order valence-electron chi connectivity index (χ1n) is 6.36. The van der Waals surface area contributed by atoms with Crippen molar-refractivity contribution in [1.29, 1.82) is 0 Å². The topological polar surface area (TPSA) is 66.4 Å². The second-order valence-corrected chi connectivity index (χ2v) is 7.09. The highest BCUT2D eigenvalue weighted by Crippen LogP contribution is 2.36. The zero-order chi connectivity index (χ0) is 14.1. The van der Waals surface area contributed by atoms with Gasteiger partial charge in [0.2, 0.25) is 10.0 Å². The molecule has 0 spiro atoms. The van der Waals surface area contributed by atoms with Gasteiger partial charge in [0.25, 0.3) is 0 Å². The molecule has 1 aromatic carbocycles. The minimum atomic E-state index is -3.55. The van der Waals surface area contributed by atoms with Crippen molar-refractivity contribution in [1.82, 2.24) is 4.72 Å². The fourth-order valence-electron chi connectivity index (χ4n) is 2.30. The van der Waals surface area contributed by atoms with Gasteiger partial charge in [-0.3, -0.25) is 0 Å². The minimum Gasteiger partial charge on any atom is -0.392 e. The van der Waals surface area contributed by atoms with Crippen LogP contribution in [0.3, 0.4) is 0 Å². The van der Waals surface area contributed by atoms with Gasteiger partial charge in [0, 0.05) is 10.6 Å². The van der Waals surface area contributed by atoms with Crippen LogP contribution in [0.2, 0.25) is 5.02 Å². The highest BCUT2D eigenvalue weighted by Gasteiger charge is 2.39. The first kappa shape index (κ1) is 14.8. The average molecular weight is 304 g/mol. The quantitative estimate of drug-likeness (QED) is 0.878. The maximum absolute atomic E-state index is 12.3. The van der Waals surface area contributed by atoms with Crippen molar-refractivity contribution < 1.29 is 13.5 Å². The van der Waals surface area contributed by atoms with Gasteiger partial charge in [0.1, 0.15) is 0 Å². The van der Waals surface area contributed by atoms with E-state index in [9.17, 15) is 8.42 Å². The lowest BCUT2D eigenvalue weighted by Crippen LogP contribution is -2.52. The molecular weight excluding hydrogens is 286 g/mol. The molecule has 0 unspecified atom stereocenters. The molecule has 6 heteroatoms. The summed E-state index contributed by atoms with van der Waals surface area (Å²) in [4.78, 5) is 0.148. The van der Waals surface area contributed by atoms with E-state index in [1.807, 2.05) is 6.92 Å². The largest absolute Gasteiger partial charge is 0.392 e. The molecule has 1 saturated carbocycles. The molecule has 0 atom stereocenters. The van der Waals surface area contributed by atoms with Crippen molar-refractivity contribution in [3.63, 3.8) is 0 Å². The summed E-state index contributed by atoms with van der Waals surface area (Å²) in [6.45, 7) is 1.79. The van der Waals surface area contributed by atoms with E-state index in [0.29, 0.717) is 5.56 Å². The molecule has 1 aliphatic rings. The van der Waals surface area contributed by atoms with Crippen molar-refractivity contribution in [2.75, 3.05) is 0 Å². The van der Waals surface area contributed by atoms with Crippen molar-refractivity contribution in [3.05, 3.63) is 28.8 Å². The Morgan fingerprint density at radius 2 is 2.11 bits per heavy atom. The molecule has 0 bridgehead atoms. The van der Waals surface area contributed by atoms with E-state index in [0.717, 1.165) is 25.7 Å².